The van der Waals surface area contributed by atoms with Crippen LogP contribution in [0, 0.1) is 0 Å². The number of carbonyl (C=O) groups is 1. The van der Waals surface area contributed by atoms with Crippen LogP contribution >= 0.6 is 0 Å². The lowest BCUT2D eigenvalue weighted by Gasteiger charge is -2.39. The highest BCUT2D eigenvalue weighted by Gasteiger charge is 2.39. The Hall–Kier alpha value is -1.30. The zero-order valence-electron chi connectivity index (χ0n) is 13.4. The molecule has 0 radical (unpaired) electrons. The lowest BCUT2D eigenvalue weighted by atomic mass is 10.2. The van der Waals surface area contributed by atoms with Gasteiger partial charge in [-0.1, -0.05) is 32.0 Å². The summed E-state index contributed by atoms with van der Waals surface area (Å²) in [5.74, 6) is -0.484. The van der Waals surface area contributed by atoms with Crippen LogP contribution in [0.5, 0.6) is 0 Å². The second-order valence-corrected chi connectivity index (χ2v) is 10.9. The maximum Gasteiger partial charge on any atom is 0.330 e. The van der Waals surface area contributed by atoms with Crippen molar-refractivity contribution in [2.24, 2.45) is 5.11 Å². The van der Waals surface area contributed by atoms with Crippen LogP contribution in [0.4, 0.5) is 0 Å². The molecule has 0 fully saturated rings. The molecule has 0 saturated heterocycles. The van der Waals surface area contributed by atoms with E-state index in [4.69, 9.17) is 9.96 Å². The largest absolute Gasteiger partial charge is 0.466 e. The van der Waals surface area contributed by atoms with Gasteiger partial charge in [0.1, 0.15) is 0 Å². The maximum absolute atomic E-state index is 11.1. The minimum absolute atomic E-state index is 0.0637. The van der Waals surface area contributed by atoms with Crippen molar-refractivity contribution < 1.29 is 14.0 Å². The Morgan fingerprint density at radius 1 is 1.40 bits per heavy atom. The van der Waals surface area contributed by atoms with Crippen LogP contribution in [-0.4, -0.2) is 33.5 Å². The first-order valence-corrected chi connectivity index (χ1v) is 9.44. The van der Waals surface area contributed by atoms with Gasteiger partial charge in [0.2, 0.25) is 0 Å². The summed E-state index contributed by atoms with van der Waals surface area (Å²) >= 11 is 0. The fourth-order valence-electron chi connectivity index (χ4n) is 1.30. The van der Waals surface area contributed by atoms with E-state index in [-0.39, 0.29) is 11.1 Å². The average molecular weight is 299 g/mol. The van der Waals surface area contributed by atoms with Crippen LogP contribution in [0.1, 0.15) is 27.7 Å². The molecule has 0 saturated carbocycles. The Morgan fingerprint density at radius 2 is 1.95 bits per heavy atom. The number of hydrogen-bond donors (Lipinski definition) is 0. The molecule has 0 aliphatic carbocycles. The van der Waals surface area contributed by atoms with E-state index in [0.717, 1.165) is 0 Å². The number of methoxy groups -OCH3 is 1. The number of ether oxygens (including phenoxy) is 1. The number of hydrogen-bond acceptors (Lipinski definition) is 4. The van der Waals surface area contributed by atoms with Crippen LogP contribution in [0.25, 0.3) is 10.4 Å². The summed E-state index contributed by atoms with van der Waals surface area (Å²) < 4.78 is 10.7. The topological polar surface area (TPSA) is 84.3 Å². The number of rotatable bonds is 6. The van der Waals surface area contributed by atoms with Crippen molar-refractivity contribution in [2.75, 3.05) is 7.11 Å². The van der Waals surface area contributed by atoms with Crippen LogP contribution in [0.15, 0.2) is 17.3 Å². The number of carbonyl (C=O) groups excluding carboxylic acids is 1. The highest BCUT2D eigenvalue weighted by Crippen LogP contribution is 2.37. The minimum atomic E-state index is -1.96. The van der Waals surface area contributed by atoms with Gasteiger partial charge in [0.15, 0.2) is 8.32 Å². The van der Waals surface area contributed by atoms with Crippen molar-refractivity contribution in [1.82, 2.24) is 0 Å². The molecule has 20 heavy (non-hydrogen) atoms. The fraction of sp³-hybridized carbons (Fsp3) is 0.769. The average Bonchev–Trinajstić information content (AvgIpc) is 2.31. The van der Waals surface area contributed by atoms with Gasteiger partial charge in [0.05, 0.1) is 19.3 Å². The molecule has 0 heterocycles. The Bertz CT molecular complexity index is 410. The quantitative estimate of drug-likeness (QED) is 0.187. The van der Waals surface area contributed by atoms with E-state index in [1.807, 2.05) is 6.92 Å². The van der Waals surface area contributed by atoms with Crippen molar-refractivity contribution in [3.63, 3.8) is 0 Å². The van der Waals surface area contributed by atoms with Crippen molar-refractivity contribution in [1.29, 1.82) is 0 Å². The third-order valence-corrected chi connectivity index (χ3v) is 8.16. The summed E-state index contributed by atoms with van der Waals surface area (Å²) in [4.78, 5) is 13.9. The molecule has 0 N–H and O–H groups in total. The zero-order valence-corrected chi connectivity index (χ0v) is 14.4. The lowest BCUT2D eigenvalue weighted by Crippen LogP contribution is -2.45. The Labute approximate surface area is 121 Å². The molecule has 0 rings (SSSR count). The van der Waals surface area contributed by atoms with Crippen LogP contribution in [0.3, 0.4) is 0 Å². The van der Waals surface area contributed by atoms with Crippen molar-refractivity contribution in [2.45, 2.75) is 58.0 Å². The first kappa shape index (κ1) is 18.7. The molecule has 0 unspecified atom stereocenters. The summed E-state index contributed by atoms with van der Waals surface area (Å²) in [6.07, 6.45) is 2.47. The van der Waals surface area contributed by atoms with Crippen molar-refractivity contribution in [3.8, 4) is 0 Å². The smallest absolute Gasteiger partial charge is 0.330 e. The monoisotopic (exact) mass is 299 g/mol. The highest BCUT2D eigenvalue weighted by molar-refractivity contribution is 6.74. The Morgan fingerprint density at radius 3 is 2.35 bits per heavy atom. The first-order chi connectivity index (χ1) is 9.05. The van der Waals surface area contributed by atoms with E-state index in [0.29, 0.717) is 0 Å². The highest BCUT2D eigenvalue weighted by atomic mass is 28.4. The van der Waals surface area contributed by atoms with Crippen LogP contribution < -0.4 is 0 Å². The number of esters is 1. The summed E-state index contributed by atoms with van der Waals surface area (Å²) in [6.45, 7) is 12.5. The number of azide groups is 1. The second-order valence-electron chi connectivity index (χ2n) is 6.16. The van der Waals surface area contributed by atoms with Crippen LogP contribution in [0.2, 0.25) is 18.1 Å². The van der Waals surface area contributed by atoms with Gasteiger partial charge < -0.3 is 9.16 Å². The van der Waals surface area contributed by atoms with Gasteiger partial charge in [-0.3, -0.25) is 0 Å². The first-order valence-electron chi connectivity index (χ1n) is 6.53. The molecule has 0 aromatic carbocycles. The van der Waals surface area contributed by atoms with E-state index in [9.17, 15) is 4.79 Å². The molecule has 0 amide bonds. The summed E-state index contributed by atoms with van der Waals surface area (Å²) in [5.41, 5.74) is 8.63. The van der Waals surface area contributed by atoms with E-state index >= 15 is 0 Å². The van der Waals surface area contributed by atoms with Crippen molar-refractivity contribution >= 4 is 14.3 Å². The second kappa shape index (κ2) is 7.47. The third kappa shape index (κ3) is 5.77. The molecular weight excluding hydrogens is 274 g/mol. The Kier molecular flexibility index (Phi) is 6.98. The predicted molar refractivity (Wildman–Crippen MR) is 81.8 cm³/mol. The molecular formula is C13H25N3O3Si. The molecule has 0 aromatic rings. The summed E-state index contributed by atoms with van der Waals surface area (Å²) in [5, 5.41) is 3.74. The molecule has 0 spiro atoms. The molecule has 114 valence electrons. The van der Waals surface area contributed by atoms with E-state index in [1.165, 1.54) is 19.3 Å². The van der Waals surface area contributed by atoms with E-state index < -0.39 is 20.3 Å². The van der Waals surface area contributed by atoms with Gasteiger partial charge in [0.25, 0.3) is 0 Å². The summed E-state index contributed by atoms with van der Waals surface area (Å²) in [6, 6.07) is -0.534. The summed E-state index contributed by atoms with van der Waals surface area (Å²) in [7, 11) is -0.661. The Balaban J connectivity index is 5.00. The normalized spacial score (nSPS) is 15.6. The SMILES string of the molecule is COC(=O)/C=C/[C@@H](N=[N+]=[N-])[C@@H](C)O[Si](C)(C)C(C)(C)C. The molecule has 0 aromatic heterocycles. The molecule has 2 atom stereocenters. The van der Waals surface area contributed by atoms with E-state index in [2.05, 4.69) is 48.6 Å². The lowest BCUT2D eigenvalue weighted by molar-refractivity contribution is -0.134. The van der Waals surface area contributed by atoms with Gasteiger partial charge in [-0.25, -0.2) is 4.79 Å². The predicted octanol–water partition coefficient (Wildman–Crippen LogP) is 3.80. The molecule has 0 bridgehead atoms. The van der Waals surface area contributed by atoms with Gasteiger partial charge in [0, 0.05) is 11.0 Å². The number of nitrogens with zero attached hydrogens (tertiary/aromatic N) is 3. The fourth-order valence-corrected chi connectivity index (χ4v) is 2.73. The minimum Gasteiger partial charge on any atom is -0.466 e. The standard InChI is InChI=1S/C13H25N3O3Si/c1-10(19-20(6,7)13(2,3)4)11(15-16-14)8-9-12(17)18-5/h8-11H,1-7H3/b9-8+/t10-,11-/m1/s1. The van der Waals surface area contributed by atoms with Crippen molar-refractivity contribution in [3.05, 3.63) is 22.6 Å². The van der Waals surface area contributed by atoms with Gasteiger partial charge in [-0.05, 0) is 30.6 Å². The van der Waals surface area contributed by atoms with Gasteiger partial charge in [-0.15, -0.1) is 0 Å². The van der Waals surface area contributed by atoms with Gasteiger partial charge >= 0.3 is 5.97 Å². The molecule has 0 aliphatic rings. The van der Waals surface area contributed by atoms with Gasteiger partial charge in [-0.2, -0.15) is 0 Å². The molecule has 7 heteroatoms. The van der Waals surface area contributed by atoms with Crippen LogP contribution in [-0.2, 0) is 14.0 Å². The van der Waals surface area contributed by atoms with E-state index in [1.54, 1.807) is 0 Å². The maximum atomic E-state index is 11.1. The molecule has 0 aliphatic heterocycles. The zero-order chi connectivity index (χ0) is 16.0. The third-order valence-electron chi connectivity index (χ3n) is 3.58. The molecule has 6 nitrogen and oxygen atoms in total.